The number of aliphatic hydroxyl groups excluding tert-OH is 4. The Kier molecular flexibility index (Phi) is 3.60. The van der Waals surface area contributed by atoms with Crippen LogP contribution in [0.2, 0.25) is 0 Å². The van der Waals surface area contributed by atoms with Crippen LogP contribution in [0.3, 0.4) is 0 Å². The van der Waals surface area contributed by atoms with Crippen LogP contribution in [0.15, 0.2) is 0 Å². The van der Waals surface area contributed by atoms with Gasteiger partial charge in [-0.3, -0.25) is 0 Å². The van der Waals surface area contributed by atoms with E-state index in [-0.39, 0.29) is 6.61 Å². The average molecular weight is 194 g/mol. The largest absolute Gasteiger partial charge is 0.394 e. The van der Waals surface area contributed by atoms with Gasteiger partial charge in [0, 0.05) is 7.11 Å². The van der Waals surface area contributed by atoms with Gasteiger partial charge in [-0.15, -0.1) is 0 Å². The smallest absolute Gasteiger partial charge is 0.184 e. The summed E-state index contributed by atoms with van der Waals surface area (Å²) in [7, 11) is 1.34. The first-order valence-electron chi connectivity index (χ1n) is 3.95. The summed E-state index contributed by atoms with van der Waals surface area (Å²) in [6.07, 6.45) is -5.67. The molecule has 4 N–H and O–H groups in total. The van der Waals surface area contributed by atoms with Crippen LogP contribution in [0.1, 0.15) is 0 Å². The normalized spacial score (nSPS) is 42.2. The molecule has 0 saturated carbocycles. The first-order chi connectivity index (χ1) is 6.11. The molecule has 0 unspecified atom stereocenters. The maximum absolute atomic E-state index is 9.33. The molecule has 1 rings (SSSR count). The molecule has 1 saturated heterocycles. The third kappa shape index (κ3) is 1.98. The number of hydrogen-bond donors (Lipinski definition) is 4. The van der Waals surface area contributed by atoms with Crippen LogP contribution in [0, 0.1) is 0 Å². The Morgan fingerprint density at radius 3 is 2.23 bits per heavy atom. The van der Waals surface area contributed by atoms with Gasteiger partial charge in [-0.05, 0) is 0 Å². The fraction of sp³-hybridized carbons (Fsp3) is 1.00. The van der Waals surface area contributed by atoms with E-state index >= 15 is 0 Å². The van der Waals surface area contributed by atoms with E-state index in [9.17, 15) is 5.11 Å². The Bertz CT molecular complexity index is 157. The van der Waals surface area contributed by atoms with Crippen molar-refractivity contribution in [3.63, 3.8) is 0 Å². The monoisotopic (exact) mass is 194 g/mol. The maximum Gasteiger partial charge on any atom is 0.184 e. The molecular formula is C7H14O6. The predicted octanol–water partition coefficient (Wildman–Crippen LogP) is -2.57. The molecule has 0 aromatic carbocycles. The molecule has 5 atom stereocenters. The molecule has 0 radical (unpaired) electrons. The standard InChI is InChI=1S/C7H14O6/c1-12-3(2-8)6-4(9)5(10)7(11)13-6/h3-11H,2H2,1H3/t3-,4-,5-,6-,7+/m1/s1. The summed E-state index contributed by atoms with van der Waals surface area (Å²) in [5.74, 6) is 0. The predicted molar refractivity (Wildman–Crippen MR) is 40.8 cm³/mol. The summed E-state index contributed by atoms with van der Waals surface area (Å²) < 4.78 is 9.59. The minimum Gasteiger partial charge on any atom is -0.394 e. The zero-order valence-corrected chi connectivity index (χ0v) is 7.20. The van der Waals surface area contributed by atoms with Crippen LogP contribution in [0.4, 0.5) is 0 Å². The molecule has 0 aromatic heterocycles. The van der Waals surface area contributed by atoms with Gasteiger partial charge in [-0.25, -0.2) is 0 Å². The fourth-order valence-electron chi connectivity index (χ4n) is 1.31. The summed E-state index contributed by atoms with van der Waals surface area (Å²) in [4.78, 5) is 0. The van der Waals surface area contributed by atoms with Crippen molar-refractivity contribution >= 4 is 0 Å². The molecule has 0 aromatic rings. The number of aliphatic hydroxyl groups is 4. The SMILES string of the molecule is CO[C@H](CO)[C@H]1O[C@H](O)[C@H](O)[C@H]1O. The van der Waals surface area contributed by atoms with Crippen molar-refractivity contribution in [2.45, 2.75) is 30.7 Å². The Morgan fingerprint density at radius 2 is 1.92 bits per heavy atom. The van der Waals surface area contributed by atoms with E-state index in [4.69, 9.17) is 24.8 Å². The lowest BCUT2D eigenvalue weighted by atomic mass is 10.1. The first-order valence-corrected chi connectivity index (χ1v) is 3.95. The zero-order chi connectivity index (χ0) is 10.0. The van der Waals surface area contributed by atoms with Crippen molar-refractivity contribution in [3.8, 4) is 0 Å². The molecule has 1 heterocycles. The molecule has 1 aliphatic heterocycles. The fourth-order valence-corrected chi connectivity index (χ4v) is 1.31. The minimum atomic E-state index is -1.43. The molecule has 0 amide bonds. The molecule has 78 valence electrons. The Hall–Kier alpha value is -0.240. The quantitative estimate of drug-likeness (QED) is 0.394. The molecule has 6 nitrogen and oxygen atoms in total. The Balaban J connectivity index is 2.61. The van der Waals surface area contributed by atoms with Gasteiger partial charge in [0.2, 0.25) is 0 Å². The zero-order valence-electron chi connectivity index (χ0n) is 7.20. The summed E-state index contributed by atoms with van der Waals surface area (Å²) in [6.45, 7) is -0.350. The van der Waals surface area contributed by atoms with Crippen molar-refractivity contribution in [2.75, 3.05) is 13.7 Å². The lowest BCUT2D eigenvalue weighted by molar-refractivity contribution is -0.155. The highest BCUT2D eigenvalue weighted by Gasteiger charge is 2.45. The highest BCUT2D eigenvalue weighted by Crippen LogP contribution is 2.23. The molecule has 0 bridgehead atoms. The van der Waals surface area contributed by atoms with E-state index in [0.717, 1.165) is 0 Å². The molecule has 0 aliphatic carbocycles. The van der Waals surface area contributed by atoms with Gasteiger partial charge in [0.1, 0.15) is 24.4 Å². The van der Waals surface area contributed by atoms with Crippen molar-refractivity contribution in [1.82, 2.24) is 0 Å². The summed E-state index contributed by atoms with van der Waals surface area (Å²) in [5.41, 5.74) is 0. The van der Waals surface area contributed by atoms with E-state index in [0.29, 0.717) is 0 Å². The van der Waals surface area contributed by atoms with E-state index < -0.39 is 30.7 Å². The third-order valence-electron chi connectivity index (χ3n) is 2.12. The second kappa shape index (κ2) is 4.32. The second-order valence-corrected chi connectivity index (χ2v) is 2.93. The number of ether oxygens (including phenoxy) is 2. The summed E-state index contributed by atoms with van der Waals surface area (Å²) in [6, 6.07) is 0. The number of hydrogen-bond acceptors (Lipinski definition) is 6. The van der Waals surface area contributed by atoms with E-state index in [2.05, 4.69) is 0 Å². The van der Waals surface area contributed by atoms with Gasteiger partial charge in [-0.1, -0.05) is 0 Å². The summed E-state index contributed by atoms with van der Waals surface area (Å²) >= 11 is 0. The van der Waals surface area contributed by atoms with Crippen LogP contribution in [-0.4, -0.2) is 64.8 Å². The molecular weight excluding hydrogens is 180 g/mol. The van der Waals surface area contributed by atoms with E-state index in [1.165, 1.54) is 7.11 Å². The lowest BCUT2D eigenvalue weighted by Crippen LogP contribution is -2.41. The van der Waals surface area contributed by atoms with Crippen LogP contribution in [0.25, 0.3) is 0 Å². The van der Waals surface area contributed by atoms with Gasteiger partial charge < -0.3 is 29.9 Å². The van der Waals surface area contributed by atoms with Crippen LogP contribution in [-0.2, 0) is 9.47 Å². The number of rotatable bonds is 3. The van der Waals surface area contributed by atoms with Gasteiger partial charge in [0.25, 0.3) is 0 Å². The molecule has 0 spiro atoms. The van der Waals surface area contributed by atoms with Gasteiger partial charge in [0.05, 0.1) is 6.61 Å². The van der Waals surface area contributed by atoms with Crippen molar-refractivity contribution in [2.24, 2.45) is 0 Å². The van der Waals surface area contributed by atoms with Crippen molar-refractivity contribution < 1.29 is 29.9 Å². The van der Waals surface area contributed by atoms with Crippen LogP contribution < -0.4 is 0 Å². The van der Waals surface area contributed by atoms with Crippen molar-refractivity contribution in [3.05, 3.63) is 0 Å². The van der Waals surface area contributed by atoms with Gasteiger partial charge in [-0.2, -0.15) is 0 Å². The Morgan fingerprint density at radius 1 is 1.31 bits per heavy atom. The summed E-state index contributed by atoms with van der Waals surface area (Å²) in [5, 5.41) is 36.3. The van der Waals surface area contributed by atoms with Gasteiger partial charge in [0.15, 0.2) is 6.29 Å². The van der Waals surface area contributed by atoms with E-state index in [1.807, 2.05) is 0 Å². The van der Waals surface area contributed by atoms with Crippen LogP contribution >= 0.6 is 0 Å². The second-order valence-electron chi connectivity index (χ2n) is 2.93. The Labute approximate surface area is 75.3 Å². The average Bonchev–Trinajstić information content (AvgIpc) is 2.36. The number of methoxy groups -OCH3 is 1. The molecule has 1 fully saturated rings. The third-order valence-corrected chi connectivity index (χ3v) is 2.12. The highest BCUT2D eigenvalue weighted by atomic mass is 16.7. The maximum atomic E-state index is 9.33. The van der Waals surface area contributed by atoms with Gasteiger partial charge >= 0.3 is 0 Å². The molecule has 1 aliphatic rings. The van der Waals surface area contributed by atoms with Crippen molar-refractivity contribution in [1.29, 1.82) is 0 Å². The lowest BCUT2D eigenvalue weighted by Gasteiger charge is -2.21. The first kappa shape index (κ1) is 10.8. The van der Waals surface area contributed by atoms with E-state index in [1.54, 1.807) is 0 Å². The topological polar surface area (TPSA) is 99.4 Å². The van der Waals surface area contributed by atoms with Crippen LogP contribution in [0.5, 0.6) is 0 Å². The molecule has 13 heavy (non-hydrogen) atoms. The highest BCUT2D eigenvalue weighted by molar-refractivity contribution is 4.90. The minimum absolute atomic E-state index is 0.350. The molecule has 6 heteroatoms.